The van der Waals surface area contributed by atoms with Crippen LogP contribution in [-0.2, 0) is 22.1 Å². The van der Waals surface area contributed by atoms with Gasteiger partial charge in [-0.1, -0.05) is 18.7 Å². The van der Waals surface area contributed by atoms with E-state index in [0.29, 0.717) is 25.1 Å². The minimum Gasteiger partial charge on any atom is -0.374 e. The molecule has 3 rings (SSSR count). The van der Waals surface area contributed by atoms with Gasteiger partial charge in [0.2, 0.25) is 11.9 Å². The number of carbonyl (C=O) groups is 1. The van der Waals surface area contributed by atoms with Crippen LogP contribution in [0.2, 0.25) is 0 Å². The van der Waals surface area contributed by atoms with Gasteiger partial charge in [-0.05, 0) is 30.2 Å². The molecule has 2 atom stereocenters. The molecule has 1 amide bonds. The fourth-order valence-electron chi connectivity index (χ4n) is 3.13. The second-order valence-electron chi connectivity index (χ2n) is 6.78. The highest BCUT2D eigenvalue weighted by molar-refractivity contribution is 5.87. The Kier molecular flexibility index (Phi) is 6.66. The molecule has 1 saturated heterocycles. The molecular weight excluding hydrogens is 404 g/mol. The summed E-state index contributed by atoms with van der Waals surface area (Å²) in [5, 5.41) is 3.03. The Morgan fingerprint density at radius 3 is 2.50 bits per heavy atom. The Balaban J connectivity index is 1.60. The van der Waals surface area contributed by atoms with Gasteiger partial charge in [0.1, 0.15) is 0 Å². The van der Waals surface area contributed by atoms with Crippen LogP contribution in [0, 0.1) is 5.82 Å². The monoisotopic (exact) mass is 424 g/mol. The minimum absolute atomic E-state index is 0.200. The highest BCUT2D eigenvalue weighted by Gasteiger charge is 2.35. The normalized spacial score (nSPS) is 19.0. The molecule has 0 radical (unpaired) electrons. The number of carbonyl (C=O) groups excluding carboxylic acids is 1. The van der Waals surface area contributed by atoms with Gasteiger partial charge in [0.05, 0.1) is 36.7 Å². The zero-order valence-electron chi connectivity index (χ0n) is 15.9. The first-order chi connectivity index (χ1) is 14.3. The number of anilines is 1. The summed E-state index contributed by atoms with van der Waals surface area (Å²) in [6.45, 7) is 4.34. The molecular formula is C20H20F4N4O2. The topological polar surface area (TPSA) is 67.4 Å². The Morgan fingerprint density at radius 2 is 1.90 bits per heavy atom. The van der Waals surface area contributed by atoms with Gasteiger partial charge in [-0.3, -0.25) is 4.79 Å². The van der Waals surface area contributed by atoms with E-state index in [4.69, 9.17) is 4.74 Å². The first kappa shape index (κ1) is 21.7. The molecule has 0 spiro atoms. The Morgan fingerprint density at radius 1 is 1.23 bits per heavy atom. The van der Waals surface area contributed by atoms with E-state index in [1.807, 2.05) is 0 Å². The maximum Gasteiger partial charge on any atom is 0.416 e. The Labute approximate surface area is 170 Å². The van der Waals surface area contributed by atoms with Gasteiger partial charge < -0.3 is 15.0 Å². The highest BCUT2D eigenvalue weighted by Crippen LogP contribution is 2.29. The van der Waals surface area contributed by atoms with E-state index in [9.17, 15) is 22.4 Å². The molecule has 160 valence electrons. The van der Waals surface area contributed by atoms with E-state index in [-0.39, 0.29) is 24.5 Å². The van der Waals surface area contributed by atoms with Crippen molar-refractivity contribution in [2.45, 2.75) is 24.7 Å². The van der Waals surface area contributed by atoms with Crippen molar-refractivity contribution >= 4 is 11.9 Å². The average molecular weight is 424 g/mol. The number of alkyl halides is 3. The number of benzene rings is 1. The molecule has 1 fully saturated rings. The van der Waals surface area contributed by atoms with E-state index in [1.54, 1.807) is 4.90 Å². The van der Waals surface area contributed by atoms with Crippen molar-refractivity contribution in [2.75, 3.05) is 25.0 Å². The molecule has 30 heavy (non-hydrogen) atoms. The van der Waals surface area contributed by atoms with Crippen molar-refractivity contribution in [3.05, 3.63) is 66.3 Å². The van der Waals surface area contributed by atoms with E-state index >= 15 is 0 Å². The van der Waals surface area contributed by atoms with Crippen molar-refractivity contribution in [2.24, 2.45) is 0 Å². The summed E-state index contributed by atoms with van der Waals surface area (Å²) in [5.74, 6) is -0.624. The molecule has 0 unspecified atom stereocenters. The predicted octanol–water partition coefficient (Wildman–Crippen LogP) is 3.07. The lowest BCUT2D eigenvalue weighted by Gasteiger charge is -2.20. The lowest BCUT2D eigenvalue weighted by atomic mass is 10.1. The first-order valence-electron chi connectivity index (χ1n) is 9.19. The third-order valence-electron chi connectivity index (χ3n) is 4.69. The molecule has 1 aliphatic rings. The number of nitrogens with zero attached hydrogens (tertiary/aromatic N) is 3. The average Bonchev–Trinajstić information content (AvgIpc) is 3.11. The van der Waals surface area contributed by atoms with Crippen LogP contribution in [0.1, 0.15) is 11.1 Å². The summed E-state index contributed by atoms with van der Waals surface area (Å²) in [6.07, 6.45) is -1.12. The van der Waals surface area contributed by atoms with Crippen LogP contribution in [0.15, 0.2) is 49.3 Å². The van der Waals surface area contributed by atoms with Crippen molar-refractivity contribution in [1.29, 1.82) is 0 Å². The predicted molar refractivity (Wildman–Crippen MR) is 101 cm³/mol. The van der Waals surface area contributed by atoms with Crippen LogP contribution in [0.4, 0.5) is 23.5 Å². The summed E-state index contributed by atoms with van der Waals surface area (Å²) >= 11 is 0. The third-order valence-corrected chi connectivity index (χ3v) is 4.69. The fraction of sp³-hybridized carbons (Fsp3) is 0.350. The summed E-state index contributed by atoms with van der Waals surface area (Å²) in [4.78, 5) is 21.2. The lowest BCUT2D eigenvalue weighted by Crippen LogP contribution is -2.35. The van der Waals surface area contributed by atoms with Gasteiger partial charge in [0.15, 0.2) is 5.82 Å². The van der Waals surface area contributed by atoms with E-state index < -0.39 is 23.7 Å². The molecule has 2 aromatic rings. The molecule has 1 aliphatic heterocycles. The van der Waals surface area contributed by atoms with Crippen LogP contribution in [0.3, 0.4) is 0 Å². The number of likely N-dealkylation sites (tertiary alicyclic amines) is 1. The zero-order chi connectivity index (χ0) is 21.7. The van der Waals surface area contributed by atoms with Crippen LogP contribution in [0.25, 0.3) is 0 Å². The van der Waals surface area contributed by atoms with Crippen LogP contribution in [-0.4, -0.2) is 52.6 Å². The van der Waals surface area contributed by atoms with Gasteiger partial charge >= 0.3 is 6.18 Å². The number of nitrogens with one attached hydrogen (secondary N) is 1. The highest BCUT2D eigenvalue weighted by atomic mass is 19.4. The maximum absolute atomic E-state index is 13.0. The van der Waals surface area contributed by atoms with Gasteiger partial charge in [0, 0.05) is 13.1 Å². The van der Waals surface area contributed by atoms with Crippen molar-refractivity contribution in [3.63, 3.8) is 0 Å². The van der Waals surface area contributed by atoms with E-state index in [1.165, 1.54) is 18.2 Å². The first-order valence-corrected chi connectivity index (χ1v) is 9.19. The summed E-state index contributed by atoms with van der Waals surface area (Å²) < 4.78 is 56.8. The number of aromatic nitrogens is 2. The number of ether oxygens (including phenoxy) is 1. The second kappa shape index (κ2) is 9.21. The van der Waals surface area contributed by atoms with Gasteiger partial charge in [0.25, 0.3) is 0 Å². The number of hydrogen-bond acceptors (Lipinski definition) is 5. The maximum atomic E-state index is 13.0. The molecule has 6 nitrogen and oxygen atoms in total. The van der Waals surface area contributed by atoms with Crippen LogP contribution < -0.4 is 5.32 Å². The van der Waals surface area contributed by atoms with Crippen molar-refractivity contribution in [3.8, 4) is 0 Å². The second-order valence-corrected chi connectivity index (χ2v) is 6.78. The van der Waals surface area contributed by atoms with E-state index in [0.717, 1.165) is 24.5 Å². The smallest absolute Gasteiger partial charge is 0.374 e. The van der Waals surface area contributed by atoms with Crippen LogP contribution >= 0.6 is 0 Å². The molecule has 1 aromatic carbocycles. The number of hydrogen-bond donors (Lipinski definition) is 1. The van der Waals surface area contributed by atoms with Crippen LogP contribution in [0.5, 0.6) is 0 Å². The lowest BCUT2D eigenvalue weighted by molar-refractivity contribution is -0.137. The standard InChI is InChI=1S/C20H20F4N4O2/c1-2-18(29)28-11-16(27-19-25-9-15(21)10-26-19)17(12-28)30-8-7-13-3-5-14(6-4-13)20(22,23)24/h2-6,9-10,16-17H,1,7-8,11-12H2,(H,25,26,27)/t16-,17-/m1/s1. The largest absolute Gasteiger partial charge is 0.416 e. The molecule has 0 bridgehead atoms. The van der Waals surface area contributed by atoms with Crippen molar-refractivity contribution < 1.29 is 27.1 Å². The zero-order valence-corrected chi connectivity index (χ0v) is 15.9. The minimum atomic E-state index is -4.37. The Bertz CT molecular complexity index is 872. The molecule has 1 N–H and O–H groups in total. The quantitative estimate of drug-likeness (QED) is 0.547. The summed E-state index contributed by atoms with van der Waals surface area (Å²) in [7, 11) is 0. The number of amides is 1. The number of halogens is 4. The van der Waals surface area contributed by atoms with Gasteiger partial charge in [-0.25, -0.2) is 14.4 Å². The summed E-state index contributed by atoms with van der Waals surface area (Å²) in [6, 6.07) is 4.55. The van der Waals surface area contributed by atoms with Crippen molar-refractivity contribution in [1.82, 2.24) is 14.9 Å². The molecule has 2 heterocycles. The molecule has 1 aromatic heterocycles. The summed E-state index contributed by atoms with van der Waals surface area (Å²) in [5.41, 5.74) is -0.00324. The third kappa shape index (κ3) is 5.53. The van der Waals surface area contributed by atoms with Gasteiger partial charge in [-0.15, -0.1) is 0 Å². The Hall–Kier alpha value is -3.01. The SMILES string of the molecule is C=CC(=O)N1C[C@@H](Nc2ncc(F)cn2)[C@H](OCCc2ccc(C(F)(F)F)cc2)C1. The molecule has 10 heteroatoms. The molecule has 0 aliphatic carbocycles. The number of rotatable bonds is 7. The van der Waals surface area contributed by atoms with Gasteiger partial charge in [-0.2, -0.15) is 13.2 Å². The fourth-order valence-corrected chi connectivity index (χ4v) is 3.13. The molecule has 0 saturated carbocycles. The van der Waals surface area contributed by atoms with E-state index in [2.05, 4.69) is 21.9 Å².